The second-order valence-electron chi connectivity index (χ2n) is 3.52. The number of alkyl halides is 3. The van der Waals surface area contributed by atoms with Crippen molar-refractivity contribution in [3.05, 3.63) is 0 Å². The first-order valence-corrected chi connectivity index (χ1v) is 5.61. The number of hydrogen-bond donors (Lipinski definition) is 1. The lowest BCUT2D eigenvalue weighted by molar-refractivity contribution is -0.126. The Kier molecular flexibility index (Phi) is 3.06. The molecule has 2 N–H and O–H groups in total. The van der Waals surface area contributed by atoms with Crippen LogP contribution in [-0.4, -0.2) is 38.2 Å². The molecule has 1 saturated carbocycles. The molecule has 9 heteroatoms. The van der Waals surface area contributed by atoms with E-state index in [1.807, 2.05) is 0 Å². The minimum Gasteiger partial charge on any atom is -0.329 e. The topological polar surface area (TPSA) is 69.6 Å². The highest BCUT2D eigenvalue weighted by atomic mass is 32.2. The fourth-order valence-electron chi connectivity index (χ4n) is 1.19. The molecule has 0 amide bonds. The lowest BCUT2D eigenvalue weighted by Gasteiger charge is -2.16. The molecular weight excluding hydrogens is 243 g/mol. The molecule has 0 spiro atoms. The van der Waals surface area contributed by atoms with E-state index in [0.717, 1.165) is 12.8 Å². The van der Waals surface area contributed by atoms with Crippen LogP contribution >= 0.6 is 11.8 Å². The van der Waals surface area contributed by atoms with E-state index in [9.17, 15) is 13.2 Å². The van der Waals surface area contributed by atoms with E-state index in [0.29, 0.717) is 11.8 Å². The SMILES string of the molecule is NCC(Sc1nnnn1C1CC1)C(F)(F)F. The average molecular weight is 253 g/mol. The Labute approximate surface area is 93.6 Å². The molecule has 1 fully saturated rings. The summed E-state index contributed by atoms with van der Waals surface area (Å²) in [5.74, 6) is 0. The third-order valence-electron chi connectivity index (χ3n) is 2.18. The van der Waals surface area contributed by atoms with Crippen LogP contribution in [0, 0.1) is 0 Å². The molecule has 1 unspecified atom stereocenters. The molecule has 0 radical (unpaired) electrons. The first kappa shape index (κ1) is 11.6. The molecule has 1 aromatic rings. The van der Waals surface area contributed by atoms with Gasteiger partial charge in [-0.3, -0.25) is 0 Å². The minimum absolute atomic E-state index is 0.157. The monoisotopic (exact) mass is 253 g/mol. The number of nitrogens with two attached hydrogens (primary N) is 1. The van der Waals surface area contributed by atoms with Crippen molar-refractivity contribution in [2.24, 2.45) is 5.73 Å². The van der Waals surface area contributed by atoms with E-state index in [2.05, 4.69) is 15.5 Å². The molecule has 1 atom stereocenters. The van der Waals surface area contributed by atoms with Crippen molar-refractivity contribution in [3.8, 4) is 0 Å². The lowest BCUT2D eigenvalue weighted by atomic mass is 10.4. The van der Waals surface area contributed by atoms with Crippen LogP contribution in [0.4, 0.5) is 13.2 Å². The number of halogens is 3. The second-order valence-corrected chi connectivity index (χ2v) is 4.69. The summed E-state index contributed by atoms with van der Waals surface area (Å²) in [6.45, 7) is -0.480. The fourth-order valence-corrected chi connectivity index (χ4v) is 2.05. The summed E-state index contributed by atoms with van der Waals surface area (Å²) in [6.07, 6.45) is -2.50. The summed E-state index contributed by atoms with van der Waals surface area (Å²) >= 11 is 0.574. The van der Waals surface area contributed by atoms with Gasteiger partial charge in [0.2, 0.25) is 5.16 Å². The maximum atomic E-state index is 12.5. The van der Waals surface area contributed by atoms with Crippen LogP contribution < -0.4 is 5.73 Å². The number of aromatic nitrogens is 4. The minimum atomic E-state index is -4.33. The Bertz CT molecular complexity index is 361. The van der Waals surface area contributed by atoms with Gasteiger partial charge in [0.05, 0.1) is 6.04 Å². The molecule has 0 bridgehead atoms. The molecule has 1 aliphatic rings. The van der Waals surface area contributed by atoms with E-state index >= 15 is 0 Å². The molecule has 0 aliphatic heterocycles. The van der Waals surface area contributed by atoms with Crippen LogP contribution in [0.2, 0.25) is 0 Å². The molecule has 0 saturated heterocycles. The van der Waals surface area contributed by atoms with Crippen LogP contribution in [-0.2, 0) is 0 Å². The Hall–Kier alpha value is -0.830. The third-order valence-corrected chi connectivity index (χ3v) is 3.41. The number of hydrogen-bond acceptors (Lipinski definition) is 5. The van der Waals surface area contributed by atoms with Gasteiger partial charge < -0.3 is 5.73 Å². The van der Waals surface area contributed by atoms with Crippen molar-refractivity contribution in [3.63, 3.8) is 0 Å². The molecule has 16 heavy (non-hydrogen) atoms. The predicted molar refractivity (Wildman–Crippen MR) is 50.8 cm³/mol. The number of rotatable bonds is 4. The van der Waals surface area contributed by atoms with Crippen molar-refractivity contribution < 1.29 is 13.2 Å². The zero-order valence-corrected chi connectivity index (χ0v) is 9.00. The highest BCUT2D eigenvalue weighted by molar-refractivity contribution is 7.99. The van der Waals surface area contributed by atoms with E-state index < -0.39 is 18.0 Å². The highest BCUT2D eigenvalue weighted by Crippen LogP contribution is 2.39. The van der Waals surface area contributed by atoms with Gasteiger partial charge in [-0.15, -0.1) is 5.10 Å². The first-order chi connectivity index (χ1) is 7.52. The van der Waals surface area contributed by atoms with Crippen LogP contribution in [0.1, 0.15) is 18.9 Å². The highest BCUT2D eigenvalue weighted by Gasteiger charge is 2.41. The van der Waals surface area contributed by atoms with Gasteiger partial charge >= 0.3 is 6.18 Å². The maximum Gasteiger partial charge on any atom is 0.402 e. The van der Waals surface area contributed by atoms with Gasteiger partial charge in [-0.2, -0.15) is 13.2 Å². The molecule has 1 aromatic heterocycles. The normalized spacial score (nSPS) is 18.8. The van der Waals surface area contributed by atoms with Gasteiger partial charge in [0.15, 0.2) is 0 Å². The largest absolute Gasteiger partial charge is 0.402 e. The van der Waals surface area contributed by atoms with Gasteiger partial charge in [0, 0.05) is 6.54 Å². The molecule has 90 valence electrons. The maximum absolute atomic E-state index is 12.5. The van der Waals surface area contributed by atoms with Gasteiger partial charge in [0.25, 0.3) is 0 Å². The molecule has 0 aromatic carbocycles. The van der Waals surface area contributed by atoms with Crippen LogP contribution in [0.25, 0.3) is 0 Å². The van der Waals surface area contributed by atoms with Crippen LogP contribution in [0.5, 0.6) is 0 Å². The zero-order valence-electron chi connectivity index (χ0n) is 8.18. The summed E-state index contributed by atoms with van der Waals surface area (Å²) in [6, 6.07) is 0.157. The van der Waals surface area contributed by atoms with Crippen molar-refractivity contribution in [2.45, 2.75) is 35.5 Å². The smallest absolute Gasteiger partial charge is 0.329 e. The fraction of sp³-hybridized carbons (Fsp3) is 0.857. The van der Waals surface area contributed by atoms with Gasteiger partial charge in [-0.1, -0.05) is 11.8 Å². The average Bonchev–Trinajstić information content (AvgIpc) is 2.93. The van der Waals surface area contributed by atoms with E-state index in [1.54, 1.807) is 0 Å². The van der Waals surface area contributed by atoms with Gasteiger partial charge in [-0.05, 0) is 23.3 Å². The molecular formula is C7H10F3N5S. The summed E-state index contributed by atoms with van der Waals surface area (Å²) < 4.78 is 38.9. The van der Waals surface area contributed by atoms with Gasteiger partial charge in [-0.25, -0.2) is 4.68 Å². The number of tetrazole rings is 1. The van der Waals surface area contributed by atoms with E-state index in [4.69, 9.17) is 5.73 Å². The van der Waals surface area contributed by atoms with Crippen molar-refractivity contribution in [1.29, 1.82) is 0 Å². The Morgan fingerprint density at radius 2 is 2.19 bits per heavy atom. The second kappa shape index (κ2) is 4.21. The number of thioether (sulfide) groups is 1. The molecule has 2 rings (SSSR count). The molecule has 1 heterocycles. The van der Waals surface area contributed by atoms with Crippen LogP contribution in [0.3, 0.4) is 0 Å². The Balaban J connectivity index is 2.09. The Morgan fingerprint density at radius 1 is 1.50 bits per heavy atom. The summed E-state index contributed by atoms with van der Waals surface area (Å²) in [7, 11) is 0. The predicted octanol–water partition coefficient (Wildman–Crippen LogP) is 0.990. The summed E-state index contributed by atoms with van der Waals surface area (Å²) in [5.41, 5.74) is 5.10. The van der Waals surface area contributed by atoms with Crippen molar-refractivity contribution in [2.75, 3.05) is 6.54 Å². The summed E-state index contributed by atoms with van der Waals surface area (Å²) in [5, 5.41) is 9.18. The van der Waals surface area contributed by atoms with Crippen molar-refractivity contribution >= 4 is 11.8 Å². The van der Waals surface area contributed by atoms with Gasteiger partial charge in [0.1, 0.15) is 5.25 Å². The molecule has 1 aliphatic carbocycles. The third kappa shape index (κ3) is 2.46. The summed E-state index contributed by atoms with van der Waals surface area (Å²) in [4.78, 5) is 0. The Morgan fingerprint density at radius 3 is 2.69 bits per heavy atom. The lowest BCUT2D eigenvalue weighted by Crippen LogP contribution is -2.33. The number of nitrogens with zero attached hydrogens (tertiary/aromatic N) is 4. The van der Waals surface area contributed by atoms with E-state index in [1.165, 1.54) is 4.68 Å². The molecule has 5 nitrogen and oxygen atoms in total. The first-order valence-electron chi connectivity index (χ1n) is 4.73. The van der Waals surface area contributed by atoms with Crippen molar-refractivity contribution in [1.82, 2.24) is 20.2 Å². The zero-order chi connectivity index (χ0) is 11.8. The standard InChI is InChI=1S/C7H10F3N5S/c8-7(9,10)5(3-11)16-6-12-13-14-15(6)4-1-2-4/h4-5H,1-3,11H2. The van der Waals surface area contributed by atoms with E-state index in [-0.39, 0.29) is 11.2 Å². The van der Waals surface area contributed by atoms with Crippen LogP contribution in [0.15, 0.2) is 5.16 Å². The quantitative estimate of drug-likeness (QED) is 0.810.